The Kier molecular flexibility index (Phi) is 15.8. The fraction of sp³-hybridized carbons (Fsp3) is 0.647. The molecular weight excluding hydrogens is 590 g/mol. The van der Waals surface area contributed by atoms with Crippen LogP contribution < -0.4 is 10.6 Å². The lowest BCUT2D eigenvalue weighted by atomic mass is 9.96. The highest BCUT2D eigenvalue weighted by Gasteiger charge is 2.34. The number of ether oxygens (including phenoxy) is 1. The number of aromatic nitrogens is 1. The first-order valence-corrected chi connectivity index (χ1v) is 17.5. The van der Waals surface area contributed by atoms with Crippen molar-refractivity contribution in [1.29, 1.82) is 0 Å². The second kappa shape index (κ2) is 19.5. The Bertz CT molecular complexity index is 1190. The average molecular weight is 644 g/mol. The molecule has 0 aliphatic carbocycles. The number of benzene rings is 1. The van der Waals surface area contributed by atoms with E-state index in [0.717, 1.165) is 62.1 Å². The number of thiazole rings is 1. The summed E-state index contributed by atoms with van der Waals surface area (Å²) in [5.74, 6) is -0.207. The van der Waals surface area contributed by atoms with E-state index in [-0.39, 0.29) is 42.2 Å². The summed E-state index contributed by atoms with van der Waals surface area (Å²) in [6.07, 6.45) is 8.72. The third kappa shape index (κ3) is 12.0. The topological polar surface area (TPSA) is 124 Å². The van der Waals surface area contributed by atoms with Gasteiger partial charge in [-0.1, -0.05) is 58.6 Å². The molecule has 2 heterocycles. The van der Waals surface area contributed by atoms with Crippen molar-refractivity contribution in [2.24, 2.45) is 5.92 Å². The highest BCUT2D eigenvalue weighted by atomic mass is 32.1. The van der Waals surface area contributed by atoms with Gasteiger partial charge in [-0.25, -0.2) is 4.98 Å². The molecule has 0 radical (unpaired) electrons. The molecule has 1 aliphatic heterocycles. The first kappa shape index (κ1) is 36.4. The number of hydrogen-bond acceptors (Lipinski definition) is 8. The maximum atomic E-state index is 14.0. The van der Waals surface area contributed by atoms with Crippen molar-refractivity contribution in [3.8, 4) is 5.75 Å². The lowest BCUT2D eigenvalue weighted by Crippen LogP contribution is -2.57. The van der Waals surface area contributed by atoms with Gasteiger partial charge in [0.25, 0.3) is 5.91 Å². The van der Waals surface area contributed by atoms with Crippen LogP contribution in [-0.2, 0) is 27.2 Å². The van der Waals surface area contributed by atoms with Gasteiger partial charge in [0.15, 0.2) is 0 Å². The van der Waals surface area contributed by atoms with Crippen molar-refractivity contribution >= 4 is 29.1 Å². The van der Waals surface area contributed by atoms with Gasteiger partial charge in [0.05, 0.1) is 11.0 Å². The molecule has 1 saturated heterocycles. The molecule has 0 spiro atoms. The minimum absolute atomic E-state index is 0.0213. The smallest absolute Gasteiger partial charge is 0.270 e. The molecule has 1 aliphatic rings. The van der Waals surface area contributed by atoms with E-state index in [1.165, 1.54) is 11.3 Å². The predicted molar refractivity (Wildman–Crippen MR) is 178 cm³/mol. The zero-order valence-electron chi connectivity index (χ0n) is 27.6. The van der Waals surface area contributed by atoms with Crippen molar-refractivity contribution in [1.82, 2.24) is 25.4 Å². The number of nitrogens with one attached hydrogen (secondary N) is 2. The maximum absolute atomic E-state index is 14.0. The number of rotatable bonds is 19. The van der Waals surface area contributed by atoms with Gasteiger partial charge in [0, 0.05) is 31.5 Å². The number of likely N-dealkylation sites (N-methyl/N-ethyl adjacent to an activating group) is 1. The normalized spacial score (nSPS) is 16.6. The van der Waals surface area contributed by atoms with Gasteiger partial charge in [0.1, 0.15) is 24.2 Å². The van der Waals surface area contributed by atoms with Crippen LogP contribution >= 0.6 is 11.3 Å². The molecule has 0 saturated carbocycles. The molecule has 1 fully saturated rings. The van der Waals surface area contributed by atoms with E-state index in [2.05, 4.69) is 27.4 Å². The van der Waals surface area contributed by atoms with E-state index in [1.54, 1.807) is 22.4 Å². The number of hydrogen-bond donors (Lipinski definition) is 3. The highest BCUT2D eigenvalue weighted by Crippen LogP contribution is 2.19. The molecule has 3 rings (SSSR count). The van der Waals surface area contributed by atoms with E-state index < -0.39 is 6.04 Å². The molecule has 3 unspecified atom stereocenters. The number of aryl methyl sites for hydroxylation is 1. The van der Waals surface area contributed by atoms with Crippen molar-refractivity contribution in [2.75, 3.05) is 40.0 Å². The lowest BCUT2D eigenvalue weighted by Gasteiger charge is -2.35. The highest BCUT2D eigenvalue weighted by molar-refractivity contribution is 7.09. The number of piperidine rings is 1. The zero-order chi connectivity index (χ0) is 32.6. The Morgan fingerprint density at radius 2 is 1.91 bits per heavy atom. The van der Waals surface area contributed by atoms with Gasteiger partial charge in [-0.15, -0.1) is 11.3 Å². The third-order valence-corrected chi connectivity index (χ3v) is 9.45. The Labute approximate surface area is 272 Å². The molecule has 1 aromatic heterocycles. The van der Waals surface area contributed by atoms with Crippen molar-refractivity contribution in [3.05, 3.63) is 45.9 Å². The number of aromatic hydroxyl groups is 1. The Hall–Kier alpha value is -3.02. The van der Waals surface area contributed by atoms with E-state index in [0.29, 0.717) is 44.7 Å². The van der Waals surface area contributed by atoms with E-state index in [9.17, 15) is 19.5 Å². The largest absolute Gasteiger partial charge is 0.508 e. The zero-order valence-corrected chi connectivity index (χ0v) is 28.4. The monoisotopic (exact) mass is 643 g/mol. The fourth-order valence-corrected chi connectivity index (χ4v) is 6.25. The van der Waals surface area contributed by atoms with Crippen LogP contribution in [0.15, 0.2) is 29.6 Å². The lowest BCUT2D eigenvalue weighted by molar-refractivity contribution is -0.144. The number of amides is 3. The number of nitrogens with zero attached hydrogens (tertiary/aromatic N) is 3. The van der Waals surface area contributed by atoms with Crippen LogP contribution in [-0.4, -0.2) is 89.7 Å². The molecule has 3 amide bonds. The molecule has 45 heavy (non-hydrogen) atoms. The Balaban J connectivity index is 1.57. The average Bonchev–Trinajstić information content (AvgIpc) is 3.52. The van der Waals surface area contributed by atoms with Gasteiger partial charge in [0.2, 0.25) is 11.8 Å². The van der Waals surface area contributed by atoms with Crippen molar-refractivity contribution in [3.63, 3.8) is 0 Å². The molecule has 0 bridgehead atoms. The van der Waals surface area contributed by atoms with Crippen LogP contribution in [0.5, 0.6) is 5.75 Å². The number of carbonyl (C=O) groups excluding carboxylic acids is 3. The SMILES string of the molecule is CCCCCOCN(CCCc1nc(C(=O)NCCc2ccc(O)cc2)cs1)C(=O)C(NC(=O)C1CCCCN1C)C(C)CC. The van der Waals surface area contributed by atoms with Gasteiger partial charge in [-0.05, 0) is 69.3 Å². The van der Waals surface area contributed by atoms with Crippen molar-refractivity contribution in [2.45, 2.75) is 97.1 Å². The second-order valence-corrected chi connectivity index (χ2v) is 13.1. The summed E-state index contributed by atoms with van der Waals surface area (Å²) < 4.78 is 5.94. The van der Waals surface area contributed by atoms with Gasteiger partial charge in [-0.3, -0.25) is 19.3 Å². The quantitative estimate of drug-likeness (QED) is 0.149. The van der Waals surface area contributed by atoms with Crippen LogP contribution in [0.3, 0.4) is 0 Å². The predicted octanol–water partition coefficient (Wildman–Crippen LogP) is 4.76. The summed E-state index contributed by atoms with van der Waals surface area (Å²) in [6, 6.07) is 6.11. The summed E-state index contributed by atoms with van der Waals surface area (Å²) in [7, 11) is 1.98. The van der Waals surface area contributed by atoms with Crippen LogP contribution in [0.1, 0.15) is 93.2 Å². The number of likely N-dealkylation sites (tertiary alicyclic amines) is 1. The molecule has 10 nitrogen and oxygen atoms in total. The summed E-state index contributed by atoms with van der Waals surface area (Å²) in [5, 5.41) is 18.1. The van der Waals surface area contributed by atoms with E-state index in [4.69, 9.17) is 4.74 Å². The van der Waals surface area contributed by atoms with Crippen LogP contribution in [0.25, 0.3) is 0 Å². The van der Waals surface area contributed by atoms with Gasteiger partial charge >= 0.3 is 0 Å². The summed E-state index contributed by atoms with van der Waals surface area (Å²) in [4.78, 5) is 48.3. The standard InChI is InChI=1S/C34H53N5O5S/c1-5-7-10-22-44-24-39(34(43)31(25(3)6-2)37-33(42)29-12-8-9-20-38(29)4)21-11-13-30-36-28(23-45-30)32(41)35-19-18-26-14-16-27(40)17-15-26/h14-17,23,25,29,31,40H,5-13,18-22,24H2,1-4H3,(H,35,41)(H,37,42). The van der Waals surface area contributed by atoms with Crippen LogP contribution in [0, 0.1) is 5.92 Å². The molecular formula is C34H53N5O5S. The third-order valence-electron chi connectivity index (χ3n) is 8.54. The number of carbonyl (C=O) groups is 3. The maximum Gasteiger partial charge on any atom is 0.270 e. The van der Waals surface area contributed by atoms with Gasteiger partial charge < -0.3 is 25.4 Å². The van der Waals surface area contributed by atoms with E-state index >= 15 is 0 Å². The first-order chi connectivity index (χ1) is 21.7. The molecule has 250 valence electrons. The summed E-state index contributed by atoms with van der Waals surface area (Å²) >= 11 is 1.44. The van der Waals surface area contributed by atoms with Crippen LogP contribution in [0.2, 0.25) is 0 Å². The molecule has 3 atom stereocenters. The number of unbranched alkanes of at least 4 members (excludes halogenated alkanes) is 2. The van der Waals surface area contributed by atoms with Crippen LogP contribution in [0.4, 0.5) is 0 Å². The number of phenols is 1. The second-order valence-electron chi connectivity index (χ2n) is 12.1. The Morgan fingerprint density at radius 3 is 2.62 bits per heavy atom. The molecule has 2 aromatic rings. The molecule has 1 aromatic carbocycles. The molecule has 11 heteroatoms. The van der Waals surface area contributed by atoms with Crippen molar-refractivity contribution < 1.29 is 24.2 Å². The van der Waals surface area contributed by atoms with Gasteiger partial charge in [-0.2, -0.15) is 0 Å². The minimum atomic E-state index is -0.617. The first-order valence-electron chi connectivity index (χ1n) is 16.6. The summed E-state index contributed by atoms with van der Waals surface area (Å²) in [5.41, 5.74) is 1.41. The Morgan fingerprint density at radius 1 is 1.13 bits per heavy atom. The minimum Gasteiger partial charge on any atom is -0.508 e. The molecule has 3 N–H and O–H groups in total. The summed E-state index contributed by atoms with van der Waals surface area (Å²) in [6.45, 7) is 8.79. The number of phenolic OH excluding ortho intramolecular Hbond substituents is 1. The fourth-order valence-electron chi connectivity index (χ4n) is 5.43. The van der Waals surface area contributed by atoms with E-state index in [1.807, 2.05) is 33.0 Å².